The van der Waals surface area contributed by atoms with Gasteiger partial charge in [0.25, 0.3) is 17.4 Å². The Labute approximate surface area is 166 Å². The first kappa shape index (κ1) is 19.4. The van der Waals surface area contributed by atoms with Gasteiger partial charge in [-0.15, -0.1) is 11.3 Å². The normalized spacial score (nSPS) is 10.5. The van der Waals surface area contributed by atoms with E-state index in [2.05, 4.69) is 15.6 Å². The number of amides is 2. The number of phenolic OH excluding ortho intramolecular Hbond substituents is 1. The summed E-state index contributed by atoms with van der Waals surface area (Å²) >= 11 is 6.87. The van der Waals surface area contributed by atoms with E-state index in [1.54, 1.807) is 5.38 Å². The fraction of sp³-hybridized carbons (Fsp3) is 0.0588. The van der Waals surface area contributed by atoms with Crippen molar-refractivity contribution in [3.05, 3.63) is 78.4 Å². The van der Waals surface area contributed by atoms with Crippen molar-refractivity contribution < 1.29 is 14.7 Å². The number of hydrogen-bond donors (Lipinski definition) is 5. The number of aromatic hydroxyl groups is 1. The van der Waals surface area contributed by atoms with Gasteiger partial charge in [0.15, 0.2) is 0 Å². The summed E-state index contributed by atoms with van der Waals surface area (Å²) in [5.41, 5.74) is -0.833. The number of rotatable bonds is 5. The van der Waals surface area contributed by atoms with Crippen LogP contribution in [0.4, 0.5) is 5.00 Å². The van der Waals surface area contributed by atoms with E-state index < -0.39 is 23.1 Å². The smallest absolute Gasteiger partial charge is 0.325 e. The lowest BCUT2D eigenvalue weighted by Crippen LogP contribution is -2.28. The van der Waals surface area contributed by atoms with E-state index in [-0.39, 0.29) is 39.1 Å². The van der Waals surface area contributed by atoms with Crippen LogP contribution in [0.2, 0.25) is 5.02 Å². The first-order chi connectivity index (χ1) is 13.3. The van der Waals surface area contributed by atoms with Crippen LogP contribution in [0.25, 0.3) is 0 Å². The lowest BCUT2D eigenvalue weighted by Gasteiger charge is -2.09. The van der Waals surface area contributed by atoms with Crippen molar-refractivity contribution in [3.8, 4) is 5.75 Å². The Bertz CT molecular complexity index is 1140. The second-order valence-electron chi connectivity index (χ2n) is 5.57. The molecule has 0 fully saturated rings. The Balaban J connectivity index is 1.72. The second kappa shape index (κ2) is 8.11. The summed E-state index contributed by atoms with van der Waals surface area (Å²) in [6, 6.07) is 6.73. The summed E-state index contributed by atoms with van der Waals surface area (Å²) in [6.45, 7) is -0.0841. The number of phenols is 1. The van der Waals surface area contributed by atoms with Gasteiger partial charge in [-0.3, -0.25) is 19.4 Å². The number of anilines is 1. The van der Waals surface area contributed by atoms with Crippen LogP contribution in [0, 0.1) is 0 Å². The van der Waals surface area contributed by atoms with Gasteiger partial charge in [-0.1, -0.05) is 11.6 Å². The molecule has 3 aromatic rings. The molecular weight excluding hydrogens is 408 g/mol. The fourth-order valence-electron chi connectivity index (χ4n) is 2.34. The van der Waals surface area contributed by atoms with E-state index in [1.807, 2.05) is 4.98 Å². The van der Waals surface area contributed by atoms with Gasteiger partial charge in [-0.2, -0.15) is 0 Å². The molecule has 9 nitrogen and oxygen atoms in total. The van der Waals surface area contributed by atoms with E-state index in [9.17, 15) is 24.3 Å². The second-order valence-corrected chi connectivity index (χ2v) is 6.93. The maximum Gasteiger partial charge on any atom is 0.325 e. The number of aromatic nitrogens is 2. The number of thiophene rings is 1. The Morgan fingerprint density at radius 1 is 1.07 bits per heavy atom. The number of carbonyl (C=O) groups is 2. The number of nitrogens with one attached hydrogen (secondary N) is 4. The molecule has 11 heteroatoms. The van der Waals surface area contributed by atoms with Crippen LogP contribution < -0.4 is 21.9 Å². The van der Waals surface area contributed by atoms with Crippen LogP contribution in [0.5, 0.6) is 5.75 Å². The Morgan fingerprint density at radius 3 is 2.57 bits per heavy atom. The van der Waals surface area contributed by atoms with Crippen molar-refractivity contribution in [2.24, 2.45) is 0 Å². The topological polar surface area (TPSA) is 144 Å². The standard InChI is InChI=1S/C17H13ClN4O5S/c18-8-1-2-10(12(23)5-8)15(26)22-16-11(3-4-28-16)14(25)19-7-9-6-13(24)21-17(27)20-9/h1-6,23H,7H2,(H,19,25)(H,22,26)(H2,20,21,24,27). The molecule has 0 saturated carbocycles. The Kier molecular flexibility index (Phi) is 5.62. The van der Waals surface area contributed by atoms with Crippen molar-refractivity contribution in [2.45, 2.75) is 6.54 Å². The predicted octanol–water partition coefficient (Wildman–Crippen LogP) is 1.67. The molecule has 0 radical (unpaired) electrons. The number of halogens is 1. The number of carbonyl (C=O) groups excluding carboxylic acids is 2. The molecule has 0 aliphatic rings. The highest BCUT2D eigenvalue weighted by molar-refractivity contribution is 7.14. The highest BCUT2D eigenvalue weighted by Crippen LogP contribution is 2.27. The van der Waals surface area contributed by atoms with Crippen LogP contribution in [0.1, 0.15) is 26.4 Å². The SMILES string of the molecule is O=C(Nc1sccc1C(=O)NCc1cc(=O)[nH]c(=O)[nH]1)c1ccc(Cl)cc1O. The highest BCUT2D eigenvalue weighted by Gasteiger charge is 2.18. The van der Waals surface area contributed by atoms with Gasteiger partial charge in [0.05, 0.1) is 17.7 Å². The van der Waals surface area contributed by atoms with E-state index in [1.165, 1.54) is 24.3 Å². The molecule has 0 spiro atoms. The maximum absolute atomic E-state index is 12.4. The van der Waals surface area contributed by atoms with Gasteiger partial charge in [0.1, 0.15) is 10.8 Å². The van der Waals surface area contributed by atoms with E-state index in [4.69, 9.17) is 11.6 Å². The molecule has 28 heavy (non-hydrogen) atoms. The van der Waals surface area contributed by atoms with Gasteiger partial charge in [0, 0.05) is 16.8 Å². The van der Waals surface area contributed by atoms with Crippen molar-refractivity contribution in [1.82, 2.24) is 15.3 Å². The number of H-pyrrole nitrogens is 2. The number of hydrogen-bond acceptors (Lipinski definition) is 6. The maximum atomic E-state index is 12.4. The van der Waals surface area contributed by atoms with E-state index in [0.29, 0.717) is 0 Å². The molecule has 2 aromatic heterocycles. The molecule has 0 unspecified atom stereocenters. The van der Waals surface area contributed by atoms with Gasteiger partial charge in [0.2, 0.25) is 0 Å². The lowest BCUT2D eigenvalue weighted by molar-refractivity contribution is 0.0951. The molecule has 0 aliphatic heterocycles. The van der Waals surface area contributed by atoms with Crippen LogP contribution in [0.15, 0.2) is 45.3 Å². The molecule has 0 bridgehead atoms. The van der Waals surface area contributed by atoms with Gasteiger partial charge in [-0.05, 0) is 29.6 Å². The molecule has 144 valence electrons. The molecule has 3 rings (SSSR count). The third kappa shape index (κ3) is 4.48. The van der Waals surface area contributed by atoms with E-state index in [0.717, 1.165) is 17.4 Å². The molecule has 0 aliphatic carbocycles. The highest BCUT2D eigenvalue weighted by atomic mass is 35.5. The first-order valence-electron chi connectivity index (χ1n) is 7.81. The van der Waals surface area contributed by atoms with Crippen molar-refractivity contribution in [3.63, 3.8) is 0 Å². The predicted molar refractivity (Wildman–Crippen MR) is 104 cm³/mol. The zero-order valence-electron chi connectivity index (χ0n) is 14.0. The summed E-state index contributed by atoms with van der Waals surface area (Å²) < 4.78 is 0. The lowest BCUT2D eigenvalue weighted by atomic mass is 10.2. The zero-order valence-corrected chi connectivity index (χ0v) is 15.6. The minimum absolute atomic E-state index is 0.00486. The molecule has 1 aromatic carbocycles. The molecule has 2 amide bonds. The fourth-order valence-corrected chi connectivity index (χ4v) is 3.28. The third-order valence-electron chi connectivity index (χ3n) is 3.60. The van der Waals surface area contributed by atoms with Crippen molar-refractivity contribution >= 4 is 39.8 Å². The Hall–Kier alpha value is -3.37. The van der Waals surface area contributed by atoms with Crippen LogP contribution >= 0.6 is 22.9 Å². The first-order valence-corrected chi connectivity index (χ1v) is 9.07. The van der Waals surface area contributed by atoms with Crippen molar-refractivity contribution in [1.29, 1.82) is 0 Å². The number of benzene rings is 1. The minimum atomic E-state index is -0.678. The molecule has 0 atom stereocenters. The van der Waals surface area contributed by atoms with Crippen LogP contribution in [-0.4, -0.2) is 26.9 Å². The summed E-state index contributed by atoms with van der Waals surface area (Å²) in [5.74, 6) is -1.41. The summed E-state index contributed by atoms with van der Waals surface area (Å²) in [7, 11) is 0. The van der Waals surface area contributed by atoms with E-state index >= 15 is 0 Å². The molecule has 2 heterocycles. The van der Waals surface area contributed by atoms with Crippen LogP contribution in [-0.2, 0) is 6.54 Å². The number of aromatic amines is 2. The average Bonchev–Trinajstić information content (AvgIpc) is 3.07. The van der Waals surface area contributed by atoms with Crippen LogP contribution in [0.3, 0.4) is 0 Å². The molecule has 0 saturated heterocycles. The summed E-state index contributed by atoms with van der Waals surface area (Å²) in [6.07, 6.45) is 0. The quantitative estimate of drug-likeness (QED) is 0.426. The van der Waals surface area contributed by atoms with Gasteiger partial charge in [-0.25, -0.2) is 4.79 Å². The average molecular weight is 421 g/mol. The summed E-state index contributed by atoms with van der Waals surface area (Å²) in [4.78, 5) is 51.7. The largest absolute Gasteiger partial charge is 0.507 e. The Morgan fingerprint density at radius 2 is 1.86 bits per heavy atom. The van der Waals surface area contributed by atoms with Gasteiger partial charge < -0.3 is 20.7 Å². The summed E-state index contributed by atoms with van der Waals surface area (Å²) in [5, 5.41) is 17.1. The molecule has 5 N–H and O–H groups in total. The monoisotopic (exact) mass is 420 g/mol. The zero-order chi connectivity index (χ0) is 20.3. The van der Waals surface area contributed by atoms with Crippen molar-refractivity contribution in [2.75, 3.05) is 5.32 Å². The third-order valence-corrected chi connectivity index (χ3v) is 4.66. The van der Waals surface area contributed by atoms with Gasteiger partial charge >= 0.3 is 5.69 Å². The molecular formula is C17H13ClN4O5S. The minimum Gasteiger partial charge on any atom is -0.507 e.